The Labute approximate surface area is 118 Å². The Balaban J connectivity index is 1.88. The fraction of sp³-hybridized carbons (Fsp3) is 0.429. The van der Waals surface area contributed by atoms with Gasteiger partial charge in [-0.05, 0) is 19.9 Å². The summed E-state index contributed by atoms with van der Waals surface area (Å²) in [4.78, 5) is 4.23. The van der Waals surface area contributed by atoms with Crippen LogP contribution in [0.25, 0.3) is 0 Å². The molecule has 2 aromatic rings. The summed E-state index contributed by atoms with van der Waals surface area (Å²) in [5.41, 5.74) is 4.24. The second-order valence-electron chi connectivity index (χ2n) is 4.49. The zero-order valence-electron chi connectivity index (χ0n) is 12.1. The second kappa shape index (κ2) is 6.91. The highest BCUT2D eigenvalue weighted by molar-refractivity contribution is 5.43. The van der Waals surface area contributed by atoms with Crippen molar-refractivity contribution in [1.82, 2.24) is 15.2 Å². The van der Waals surface area contributed by atoms with Crippen molar-refractivity contribution in [2.45, 2.75) is 20.4 Å². The van der Waals surface area contributed by atoms with Crippen molar-refractivity contribution in [3.05, 3.63) is 35.3 Å². The number of anilines is 1. The Hall–Kier alpha value is -2.08. The summed E-state index contributed by atoms with van der Waals surface area (Å²) in [5, 5.41) is 10.5. The van der Waals surface area contributed by atoms with Crippen LogP contribution in [0.2, 0.25) is 0 Å². The van der Waals surface area contributed by atoms with Gasteiger partial charge in [0.25, 0.3) is 0 Å². The third-order valence-corrected chi connectivity index (χ3v) is 3.02. The van der Waals surface area contributed by atoms with Gasteiger partial charge in [0.2, 0.25) is 5.88 Å². The van der Waals surface area contributed by atoms with Crippen LogP contribution in [0.1, 0.15) is 17.0 Å². The molecule has 0 aromatic carbocycles. The molecule has 2 N–H and O–H groups in total. The lowest BCUT2D eigenvalue weighted by Crippen LogP contribution is -2.06. The molecule has 0 aliphatic heterocycles. The van der Waals surface area contributed by atoms with E-state index in [1.165, 1.54) is 5.56 Å². The Bertz CT molecular complexity index is 517. The summed E-state index contributed by atoms with van der Waals surface area (Å²) in [6.07, 6.45) is 1.76. The number of pyridine rings is 1. The van der Waals surface area contributed by atoms with E-state index in [9.17, 15) is 0 Å². The van der Waals surface area contributed by atoms with Crippen LogP contribution in [-0.2, 0) is 11.3 Å². The van der Waals surface area contributed by atoms with Gasteiger partial charge in [0.05, 0.1) is 24.2 Å². The largest absolute Gasteiger partial charge is 0.475 e. The molecule has 0 spiro atoms. The standard InChI is InChI=1S/C14H20N4O2/c1-10-13(11(2)18-17-10)9-15-12-4-5-14(16-8-12)20-7-6-19-3/h4-5,8,15H,6-7,9H2,1-3H3,(H,17,18). The Morgan fingerprint density at radius 2 is 2.10 bits per heavy atom. The minimum Gasteiger partial charge on any atom is -0.475 e. The number of aryl methyl sites for hydroxylation is 2. The third kappa shape index (κ3) is 3.71. The van der Waals surface area contributed by atoms with Crippen molar-refractivity contribution >= 4 is 5.69 Å². The number of H-pyrrole nitrogens is 1. The summed E-state index contributed by atoms with van der Waals surface area (Å²) < 4.78 is 10.3. The molecule has 0 saturated carbocycles. The first-order valence-corrected chi connectivity index (χ1v) is 6.53. The van der Waals surface area contributed by atoms with Crippen molar-refractivity contribution in [3.8, 4) is 5.88 Å². The molecule has 0 unspecified atom stereocenters. The summed E-state index contributed by atoms with van der Waals surface area (Å²) >= 11 is 0. The molecule has 0 atom stereocenters. The Kier molecular flexibility index (Phi) is 4.95. The molecule has 0 saturated heterocycles. The highest BCUT2D eigenvalue weighted by Crippen LogP contribution is 2.15. The van der Waals surface area contributed by atoms with Crippen LogP contribution in [0.3, 0.4) is 0 Å². The first-order valence-electron chi connectivity index (χ1n) is 6.53. The number of ether oxygens (including phenoxy) is 2. The van der Waals surface area contributed by atoms with Gasteiger partial charge in [0.1, 0.15) is 6.61 Å². The SMILES string of the molecule is COCCOc1ccc(NCc2c(C)n[nH]c2C)cn1. The predicted octanol–water partition coefficient (Wildman–Crippen LogP) is 2.06. The number of hydrogen-bond donors (Lipinski definition) is 2. The quantitative estimate of drug-likeness (QED) is 0.757. The summed E-state index contributed by atoms with van der Waals surface area (Å²) in [6, 6.07) is 3.78. The molecule has 108 valence electrons. The predicted molar refractivity (Wildman–Crippen MR) is 77.0 cm³/mol. The molecule has 2 rings (SSSR count). The molecule has 0 bridgehead atoms. The minimum atomic E-state index is 0.504. The van der Waals surface area contributed by atoms with Crippen molar-refractivity contribution in [3.63, 3.8) is 0 Å². The zero-order chi connectivity index (χ0) is 14.4. The van der Waals surface area contributed by atoms with Gasteiger partial charge < -0.3 is 14.8 Å². The van der Waals surface area contributed by atoms with Crippen molar-refractivity contribution in [1.29, 1.82) is 0 Å². The molecule has 2 aromatic heterocycles. The first kappa shape index (κ1) is 14.3. The van der Waals surface area contributed by atoms with E-state index in [1.54, 1.807) is 13.3 Å². The van der Waals surface area contributed by atoms with Crippen molar-refractivity contribution < 1.29 is 9.47 Å². The van der Waals surface area contributed by atoms with E-state index in [-0.39, 0.29) is 0 Å². The van der Waals surface area contributed by atoms with Crippen LogP contribution in [0.15, 0.2) is 18.3 Å². The topological polar surface area (TPSA) is 72.1 Å². The highest BCUT2D eigenvalue weighted by Gasteiger charge is 2.05. The van der Waals surface area contributed by atoms with E-state index < -0.39 is 0 Å². The van der Waals surface area contributed by atoms with E-state index in [0.29, 0.717) is 19.1 Å². The zero-order valence-corrected chi connectivity index (χ0v) is 12.1. The van der Waals surface area contributed by atoms with E-state index >= 15 is 0 Å². The lowest BCUT2D eigenvalue weighted by Gasteiger charge is -2.08. The van der Waals surface area contributed by atoms with Gasteiger partial charge >= 0.3 is 0 Å². The van der Waals surface area contributed by atoms with E-state index in [4.69, 9.17) is 9.47 Å². The third-order valence-electron chi connectivity index (χ3n) is 3.02. The van der Waals surface area contributed by atoms with Gasteiger partial charge in [-0.25, -0.2) is 4.98 Å². The van der Waals surface area contributed by atoms with Crippen LogP contribution in [0, 0.1) is 13.8 Å². The van der Waals surface area contributed by atoms with E-state index in [2.05, 4.69) is 20.5 Å². The van der Waals surface area contributed by atoms with Crippen molar-refractivity contribution in [2.24, 2.45) is 0 Å². The lowest BCUT2D eigenvalue weighted by atomic mass is 10.2. The van der Waals surface area contributed by atoms with Gasteiger partial charge in [-0.1, -0.05) is 0 Å². The number of rotatable bonds is 7. The highest BCUT2D eigenvalue weighted by atomic mass is 16.5. The monoisotopic (exact) mass is 276 g/mol. The van der Waals surface area contributed by atoms with Crippen LogP contribution in [0.5, 0.6) is 5.88 Å². The maximum atomic E-state index is 5.41. The van der Waals surface area contributed by atoms with Gasteiger partial charge in [0, 0.05) is 31.0 Å². The fourth-order valence-electron chi connectivity index (χ4n) is 1.82. The number of hydrogen-bond acceptors (Lipinski definition) is 5. The molecular weight excluding hydrogens is 256 g/mol. The van der Waals surface area contributed by atoms with Gasteiger partial charge in [-0.15, -0.1) is 0 Å². The minimum absolute atomic E-state index is 0.504. The Morgan fingerprint density at radius 1 is 1.25 bits per heavy atom. The first-order chi connectivity index (χ1) is 9.70. The number of nitrogens with zero attached hydrogens (tertiary/aromatic N) is 2. The summed E-state index contributed by atoms with van der Waals surface area (Å²) in [5.74, 6) is 0.600. The summed E-state index contributed by atoms with van der Waals surface area (Å²) in [6.45, 7) is 5.79. The molecule has 0 amide bonds. The van der Waals surface area contributed by atoms with Gasteiger partial charge in [-0.2, -0.15) is 5.10 Å². The molecular formula is C14H20N4O2. The van der Waals surface area contributed by atoms with Crippen LogP contribution in [-0.4, -0.2) is 35.5 Å². The molecule has 6 heteroatoms. The molecule has 2 heterocycles. The normalized spacial score (nSPS) is 10.6. The number of aromatic nitrogens is 3. The van der Waals surface area contributed by atoms with Crippen LogP contribution in [0.4, 0.5) is 5.69 Å². The van der Waals surface area contributed by atoms with Crippen molar-refractivity contribution in [2.75, 3.05) is 25.6 Å². The van der Waals surface area contributed by atoms with Crippen LogP contribution < -0.4 is 10.1 Å². The second-order valence-corrected chi connectivity index (χ2v) is 4.49. The van der Waals surface area contributed by atoms with E-state index in [1.807, 2.05) is 26.0 Å². The van der Waals surface area contributed by atoms with Crippen LogP contribution >= 0.6 is 0 Å². The maximum absolute atomic E-state index is 5.41. The summed E-state index contributed by atoms with van der Waals surface area (Å²) in [7, 11) is 1.64. The lowest BCUT2D eigenvalue weighted by molar-refractivity contribution is 0.144. The molecule has 0 aliphatic rings. The number of methoxy groups -OCH3 is 1. The van der Waals surface area contributed by atoms with Gasteiger partial charge in [0.15, 0.2) is 0 Å². The van der Waals surface area contributed by atoms with E-state index in [0.717, 1.165) is 23.6 Å². The molecule has 0 radical (unpaired) electrons. The molecule has 0 aliphatic carbocycles. The maximum Gasteiger partial charge on any atom is 0.213 e. The average molecular weight is 276 g/mol. The molecule has 6 nitrogen and oxygen atoms in total. The fourth-order valence-corrected chi connectivity index (χ4v) is 1.82. The van der Waals surface area contributed by atoms with Gasteiger partial charge in [-0.3, -0.25) is 5.10 Å². The molecule has 0 fully saturated rings. The molecule has 20 heavy (non-hydrogen) atoms. The Morgan fingerprint density at radius 3 is 2.70 bits per heavy atom. The number of aromatic amines is 1. The smallest absolute Gasteiger partial charge is 0.213 e. The number of nitrogens with one attached hydrogen (secondary N) is 2. The average Bonchev–Trinajstić information content (AvgIpc) is 2.78.